The first-order chi connectivity index (χ1) is 12.4. The molecule has 1 amide bonds. The van der Waals surface area contributed by atoms with Crippen molar-refractivity contribution in [2.45, 2.75) is 0 Å². The summed E-state index contributed by atoms with van der Waals surface area (Å²) in [6, 6.07) is 6.81. The minimum Gasteiger partial charge on any atom is -0.354 e. The van der Waals surface area contributed by atoms with E-state index in [-0.39, 0.29) is 12.5 Å². The second kappa shape index (κ2) is 8.63. The lowest BCUT2D eigenvalue weighted by molar-refractivity contribution is -0.117. The second-order valence-electron chi connectivity index (χ2n) is 5.89. The van der Waals surface area contributed by atoms with Gasteiger partial charge >= 0.3 is 0 Å². The summed E-state index contributed by atoms with van der Waals surface area (Å²) >= 11 is 23.9. The van der Waals surface area contributed by atoms with Crippen molar-refractivity contribution in [3.63, 3.8) is 0 Å². The molecule has 1 fully saturated rings. The van der Waals surface area contributed by atoms with Gasteiger partial charge in [-0.15, -0.1) is 0 Å². The fraction of sp³-hybridized carbons (Fsp3) is 0.294. The van der Waals surface area contributed by atoms with Crippen molar-refractivity contribution in [1.29, 1.82) is 0 Å². The van der Waals surface area contributed by atoms with Crippen molar-refractivity contribution in [3.05, 3.63) is 50.6 Å². The average molecular weight is 434 g/mol. The molecule has 9 heteroatoms. The summed E-state index contributed by atoms with van der Waals surface area (Å²) < 4.78 is 0. The zero-order valence-corrected chi connectivity index (χ0v) is 16.7. The maximum absolute atomic E-state index is 12.3. The van der Waals surface area contributed by atoms with Crippen LogP contribution in [0.2, 0.25) is 20.1 Å². The average Bonchev–Trinajstić information content (AvgIpc) is 2.59. The Kier molecular flexibility index (Phi) is 6.48. The van der Waals surface area contributed by atoms with Gasteiger partial charge in [0.25, 0.3) is 0 Å². The van der Waals surface area contributed by atoms with Gasteiger partial charge in [-0.25, -0.2) is 4.98 Å². The molecule has 26 heavy (non-hydrogen) atoms. The van der Waals surface area contributed by atoms with Gasteiger partial charge in [0.1, 0.15) is 5.82 Å². The third kappa shape index (κ3) is 4.93. The summed E-state index contributed by atoms with van der Waals surface area (Å²) in [7, 11) is 0. The zero-order chi connectivity index (χ0) is 18.7. The number of aromatic nitrogens is 1. The molecule has 1 aliphatic heterocycles. The Morgan fingerprint density at radius 1 is 1.00 bits per heavy atom. The predicted octanol–water partition coefficient (Wildman–Crippen LogP) is 4.46. The highest BCUT2D eigenvalue weighted by Gasteiger charge is 2.20. The van der Waals surface area contributed by atoms with Crippen molar-refractivity contribution in [2.24, 2.45) is 0 Å². The van der Waals surface area contributed by atoms with Gasteiger partial charge in [-0.3, -0.25) is 9.69 Å². The number of nitrogens with zero attached hydrogens (tertiary/aromatic N) is 3. The third-order valence-corrected chi connectivity index (χ3v) is 5.08. The quantitative estimate of drug-likeness (QED) is 0.773. The molecule has 1 aliphatic rings. The van der Waals surface area contributed by atoms with Gasteiger partial charge in [-0.2, -0.15) is 0 Å². The van der Waals surface area contributed by atoms with E-state index in [2.05, 4.69) is 20.1 Å². The van der Waals surface area contributed by atoms with E-state index in [1.54, 1.807) is 18.3 Å². The van der Waals surface area contributed by atoms with Crippen LogP contribution in [0.3, 0.4) is 0 Å². The number of amides is 1. The lowest BCUT2D eigenvalue weighted by Crippen LogP contribution is -2.48. The number of hydrogen-bond acceptors (Lipinski definition) is 4. The fourth-order valence-corrected chi connectivity index (χ4v) is 3.76. The van der Waals surface area contributed by atoms with Gasteiger partial charge in [0.15, 0.2) is 0 Å². The fourth-order valence-electron chi connectivity index (χ4n) is 2.73. The van der Waals surface area contributed by atoms with E-state index in [4.69, 9.17) is 46.4 Å². The smallest absolute Gasteiger partial charge is 0.238 e. The van der Waals surface area contributed by atoms with E-state index < -0.39 is 0 Å². The predicted molar refractivity (Wildman–Crippen MR) is 108 cm³/mol. The summed E-state index contributed by atoms with van der Waals surface area (Å²) in [5.74, 6) is 0.715. The molecule has 5 nitrogen and oxygen atoms in total. The monoisotopic (exact) mass is 432 g/mol. The Labute approximate surface area is 171 Å². The van der Waals surface area contributed by atoms with Crippen molar-refractivity contribution in [1.82, 2.24) is 9.88 Å². The number of nitrogens with one attached hydrogen (secondary N) is 1. The molecule has 0 unspecified atom stereocenters. The van der Waals surface area contributed by atoms with E-state index in [1.807, 2.05) is 12.1 Å². The first-order valence-electron chi connectivity index (χ1n) is 7.95. The highest BCUT2D eigenvalue weighted by Crippen LogP contribution is 2.33. The van der Waals surface area contributed by atoms with Crippen LogP contribution in [-0.2, 0) is 4.79 Å². The molecule has 2 heterocycles. The number of pyridine rings is 1. The van der Waals surface area contributed by atoms with Crippen molar-refractivity contribution >= 4 is 63.8 Å². The molecule has 138 valence electrons. The standard InChI is InChI=1S/C17H16Cl4N4O/c18-11-1-2-15(22-9-11)25-5-3-24(4-6-25)10-16(26)23-17-13(20)7-12(19)8-14(17)21/h1-2,7-9H,3-6,10H2,(H,23,26). The van der Waals surface area contributed by atoms with Crippen molar-refractivity contribution in [3.8, 4) is 0 Å². The highest BCUT2D eigenvalue weighted by atomic mass is 35.5. The maximum Gasteiger partial charge on any atom is 0.238 e. The van der Waals surface area contributed by atoms with Crippen LogP contribution < -0.4 is 10.2 Å². The van der Waals surface area contributed by atoms with E-state index >= 15 is 0 Å². The molecule has 2 aromatic rings. The molecule has 0 aliphatic carbocycles. The van der Waals surface area contributed by atoms with Gasteiger partial charge in [0, 0.05) is 37.4 Å². The molecule has 1 N–H and O–H groups in total. The topological polar surface area (TPSA) is 48.5 Å². The number of carbonyl (C=O) groups excluding carboxylic acids is 1. The number of hydrogen-bond donors (Lipinski definition) is 1. The van der Waals surface area contributed by atoms with Crippen LogP contribution in [0.4, 0.5) is 11.5 Å². The van der Waals surface area contributed by atoms with E-state index in [9.17, 15) is 4.79 Å². The first-order valence-corrected chi connectivity index (χ1v) is 9.47. The summed E-state index contributed by atoms with van der Waals surface area (Å²) in [4.78, 5) is 20.9. The Morgan fingerprint density at radius 2 is 1.65 bits per heavy atom. The summed E-state index contributed by atoms with van der Waals surface area (Å²) in [5, 5.41) is 4.42. The first kappa shape index (κ1) is 19.5. The Hall–Kier alpha value is -1.24. The molecule has 1 saturated heterocycles. The molecule has 0 atom stereocenters. The number of rotatable bonds is 4. The molecule has 0 spiro atoms. The van der Waals surface area contributed by atoms with Gasteiger partial charge in [0.2, 0.25) is 5.91 Å². The summed E-state index contributed by atoms with van der Waals surface area (Å²) in [5.41, 5.74) is 0.381. The SMILES string of the molecule is O=C(CN1CCN(c2ccc(Cl)cn2)CC1)Nc1c(Cl)cc(Cl)cc1Cl. The molecule has 0 bridgehead atoms. The molecule has 1 aromatic heterocycles. The number of carbonyl (C=O) groups is 1. The molecule has 3 rings (SSSR count). The van der Waals surface area contributed by atoms with Crippen LogP contribution in [0, 0.1) is 0 Å². The van der Waals surface area contributed by atoms with Crippen molar-refractivity contribution < 1.29 is 4.79 Å². The Bertz CT molecular complexity index is 769. The van der Waals surface area contributed by atoms with Crippen LogP contribution in [0.1, 0.15) is 0 Å². The lowest BCUT2D eigenvalue weighted by atomic mass is 10.3. The summed E-state index contributed by atoms with van der Waals surface area (Å²) in [6.45, 7) is 3.32. The van der Waals surface area contributed by atoms with Crippen molar-refractivity contribution in [2.75, 3.05) is 42.9 Å². The minimum atomic E-state index is -0.172. The normalized spacial score (nSPS) is 15.2. The zero-order valence-electron chi connectivity index (χ0n) is 13.7. The van der Waals surface area contributed by atoms with Crippen LogP contribution >= 0.6 is 46.4 Å². The lowest BCUT2D eigenvalue weighted by Gasteiger charge is -2.35. The third-order valence-electron chi connectivity index (χ3n) is 4.05. The van der Waals surface area contributed by atoms with E-state index in [0.29, 0.717) is 25.8 Å². The number of anilines is 2. The largest absolute Gasteiger partial charge is 0.354 e. The Morgan fingerprint density at radius 3 is 2.23 bits per heavy atom. The summed E-state index contributed by atoms with van der Waals surface area (Å²) in [6.07, 6.45) is 1.64. The molecular weight excluding hydrogens is 418 g/mol. The van der Waals surface area contributed by atoms with Crippen LogP contribution in [0.5, 0.6) is 0 Å². The highest BCUT2D eigenvalue weighted by molar-refractivity contribution is 6.42. The molecule has 0 saturated carbocycles. The number of piperazine rings is 1. The molecular formula is C17H16Cl4N4O. The van der Waals surface area contributed by atoms with Gasteiger partial charge in [-0.05, 0) is 24.3 Å². The minimum absolute atomic E-state index is 0.172. The molecule has 0 radical (unpaired) electrons. The van der Waals surface area contributed by atoms with Gasteiger partial charge < -0.3 is 10.2 Å². The van der Waals surface area contributed by atoms with Crippen LogP contribution in [0.15, 0.2) is 30.5 Å². The second-order valence-corrected chi connectivity index (χ2v) is 7.58. The van der Waals surface area contributed by atoms with E-state index in [0.717, 1.165) is 32.0 Å². The number of halogens is 4. The Balaban J connectivity index is 1.53. The molecule has 1 aromatic carbocycles. The van der Waals surface area contributed by atoms with Gasteiger partial charge in [-0.1, -0.05) is 46.4 Å². The van der Waals surface area contributed by atoms with E-state index in [1.165, 1.54) is 0 Å². The van der Waals surface area contributed by atoms with Crippen LogP contribution in [-0.4, -0.2) is 48.5 Å². The van der Waals surface area contributed by atoms with Crippen LogP contribution in [0.25, 0.3) is 0 Å². The van der Waals surface area contributed by atoms with Gasteiger partial charge in [0.05, 0.1) is 27.3 Å². The maximum atomic E-state index is 12.3. The number of benzene rings is 1.